The smallest absolute Gasteiger partial charge is 0.406 e. The molecule has 21 heavy (non-hydrogen) atoms. The molecule has 1 N–H and O–H groups in total. The predicted molar refractivity (Wildman–Crippen MR) is 73.4 cm³/mol. The van der Waals surface area contributed by atoms with Crippen LogP contribution in [0.2, 0.25) is 5.02 Å². The average Bonchev–Trinajstić information content (AvgIpc) is 2.61. The van der Waals surface area contributed by atoms with E-state index >= 15 is 0 Å². The molecule has 0 spiro atoms. The van der Waals surface area contributed by atoms with Crippen molar-refractivity contribution in [2.75, 3.05) is 5.32 Å². The van der Waals surface area contributed by atoms with Crippen LogP contribution in [-0.4, -0.2) is 16.1 Å². The van der Waals surface area contributed by atoms with Gasteiger partial charge in [-0.05, 0) is 31.2 Å². The molecule has 0 fully saturated rings. The fourth-order valence-electron chi connectivity index (χ4n) is 1.83. The van der Waals surface area contributed by atoms with Crippen molar-refractivity contribution in [2.24, 2.45) is 7.05 Å². The Morgan fingerprint density at radius 3 is 2.38 bits per heavy atom. The maximum atomic E-state index is 12.0. The van der Waals surface area contributed by atoms with Gasteiger partial charge in [0.1, 0.15) is 5.75 Å². The fraction of sp³-hybridized carbons (Fsp3) is 0.308. The molecular weight excluding hydrogens is 307 g/mol. The molecule has 0 radical (unpaired) electrons. The average molecular weight is 320 g/mol. The van der Waals surface area contributed by atoms with Gasteiger partial charge in [0.2, 0.25) is 0 Å². The second kappa shape index (κ2) is 5.85. The normalized spacial score (nSPS) is 11.5. The molecular formula is C13H13ClF3N3O. The van der Waals surface area contributed by atoms with E-state index in [0.717, 1.165) is 11.4 Å². The maximum Gasteiger partial charge on any atom is 0.573 e. The highest BCUT2D eigenvalue weighted by Gasteiger charge is 2.30. The van der Waals surface area contributed by atoms with Crippen molar-refractivity contribution in [1.82, 2.24) is 9.78 Å². The first-order valence-corrected chi connectivity index (χ1v) is 6.42. The summed E-state index contributed by atoms with van der Waals surface area (Å²) in [6.45, 7) is 2.21. The van der Waals surface area contributed by atoms with Gasteiger partial charge in [-0.3, -0.25) is 4.68 Å². The van der Waals surface area contributed by atoms with Crippen molar-refractivity contribution in [1.29, 1.82) is 0 Å². The number of benzene rings is 1. The Bertz CT molecular complexity index is 623. The van der Waals surface area contributed by atoms with E-state index in [1.165, 1.54) is 24.3 Å². The SMILES string of the molecule is Cc1nn(C)c(CNc2ccc(OC(F)(F)F)cc2)c1Cl. The summed E-state index contributed by atoms with van der Waals surface area (Å²) in [6, 6.07) is 5.48. The fourth-order valence-corrected chi connectivity index (χ4v) is 2.06. The van der Waals surface area contributed by atoms with E-state index in [1.54, 1.807) is 18.7 Å². The van der Waals surface area contributed by atoms with Crippen LogP contribution in [0.15, 0.2) is 24.3 Å². The van der Waals surface area contributed by atoms with Crippen LogP contribution in [0.3, 0.4) is 0 Å². The number of ether oxygens (including phenoxy) is 1. The summed E-state index contributed by atoms with van der Waals surface area (Å²) in [6.07, 6.45) is -4.69. The minimum atomic E-state index is -4.69. The van der Waals surface area contributed by atoms with E-state index in [0.29, 0.717) is 17.3 Å². The molecule has 1 heterocycles. The standard InChI is InChI=1S/C13H13ClF3N3O/c1-8-12(14)11(20(2)19-8)7-18-9-3-5-10(6-4-9)21-13(15,16)17/h3-6,18H,7H2,1-2H3. The Labute approximate surface area is 124 Å². The van der Waals surface area contributed by atoms with Crippen molar-refractivity contribution in [3.05, 3.63) is 40.7 Å². The first-order chi connectivity index (χ1) is 9.76. The van der Waals surface area contributed by atoms with E-state index in [1.807, 2.05) is 0 Å². The van der Waals surface area contributed by atoms with E-state index in [9.17, 15) is 13.2 Å². The second-order valence-electron chi connectivity index (χ2n) is 4.40. The summed E-state index contributed by atoms with van der Waals surface area (Å²) in [7, 11) is 1.77. The molecule has 0 amide bonds. The lowest BCUT2D eigenvalue weighted by Gasteiger charge is -2.10. The summed E-state index contributed by atoms with van der Waals surface area (Å²) in [5.74, 6) is -0.262. The third-order valence-electron chi connectivity index (χ3n) is 2.81. The molecule has 1 aromatic heterocycles. The third-order valence-corrected chi connectivity index (χ3v) is 3.30. The van der Waals surface area contributed by atoms with Gasteiger partial charge in [-0.2, -0.15) is 5.10 Å². The molecule has 8 heteroatoms. The summed E-state index contributed by atoms with van der Waals surface area (Å²) in [4.78, 5) is 0. The highest BCUT2D eigenvalue weighted by Crippen LogP contribution is 2.25. The van der Waals surface area contributed by atoms with Gasteiger partial charge in [-0.25, -0.2) is 0 Å². The van der Waals surface area contributed by atoms with Crippen LogP contribution >= 0.6 is 11.6 Å². The number of nitrogens with one attached hydrogen (secondary N) is 1. The number of aromatic nitrogens is 2. The zero-order valence-electron chi connectivity index (χ0n) is 11.3. The number of rotatable bonds is 4. The number of alkyl halides is 3. The maximum absolute atomic E-state index is 12.0. The van der Waals surface area contributed by atoms with E-state index in [-0.39, 0.29) is 5.75 Å². The number of nitrogens with zero attached hydrogens (tertiary/aromatic N) is 2. The lowest BCUT2D eigenvalue weighted by atomic mass is 10.3. The van der Waals surface area contributed by atoms with Crippen molar-refractivity contribution in [3.63, 3.8) is 0 Å². The molecule has 2 rings (SSSR count). The number of hydrogen-bond acceptors (Lipinski definition) is 3. The van der Waals surface area contributed by atoms with Gasteiger partial charge in [0.25, 0.3) is 0 Å². The molecule has 0 aliphatic heterocycles. The van der Waals surface area contributed by atoms with Crippen LogP contribution in [0.4, 0.5) is 18.9 Å². The van der Waals surface area contributed by atoms with E-state index in [4.69, 9.17) is 11.6 Å². The lowest BCUT2D eigenvalue weighted by molar-refractivity contribution is -0.274. The van der Waals surface area contributed by atoms with Gasteiger partial charge in [0, 0.05) is 12.7 Å². The highest BCUT2D eigenvalue weighted by molar-refractivity contribution is 6.31. The minimum Gasteiger partial charge on any atom is -0.406 e. The molecule has 1 aromatic carbocycles. The van der Waals surface area contributed by atoms with Crippen LogP contribution in [0, 0.1) is 6.92 Å². The zero-order chi connectivity index (χ0) is 15.6. The van der Waals surface area contributed by atoms with Crippen molar-refractivity contribution in [3.8, 4) is 5.75 Å². The molecule has 4 nitrogen and oxygen atoms in total. The lowest BCUT2D eigenvalue weighted by Crippen LogP contribution is -2.17. The van der Waals surface area contributed by atoms with E-state index < -0.39 is 6.36 Å². The molecule has 0 atom stereocenters. The van der Waals surface area contributed by atoms with Crippen molar-refractivity contribution < 1.29 is 17.9 Å². The molecule has 0 unspecified atom stereocenters. The van der Waals surface area contributed by atoms with Gasteiger partial charge in [-0.15, -0.1) is 13.2 Å². The second-order valence-corrected chi connectivity index (χ2v) is 4.77. The topological polar surface area (TPSA) is 39.1 Å². The first-order valence-electron chi connectivity index (χ1n) is 6.04. The molecule has 2 aromatic rings. The van der Waals surface area contributed by atoms with Crippen LogP contribution < -0.4 is 10.1 Å². The number of hydrogen-bond donors (Lipinski definition) is 1. The van der Waals surface area contributed by atoms with E-state index in [2.05, 4.69) is 15.2 Å². The van der Waals surface area contributed by atoms with Gasteiger partial charge in [-0.1, -0.05) is 11.6 Å². The number of anilines is 1. The Morgan fingerprint density at radius 1 is 1.29 bits per heavy atom. The molecule has 0 saturated carbocycles. The van der Waals surface area contributed by atoms with Gasteiger partial charge < -0.3 is 10.1 Å². The van der Waals surface area contributed by atoms with Crippen LogP contribution in [0.1, 0.15) is 11.4 Å². The predicted octanol–water partition coefficient (Wildman–Crippen LogP) is 3.89. The Balaban J connectivity index is 2.01. The molecule has 0 bridgehead atoms. The highest BCUT2D eigenvalue weighted by atomic mass is 35.5. The number of halogens is 4. The van der Waals surface area contributed by atoms with Crippen molar-refractivity contribution in [2.45, 2.75) is 19.8 Å². The largest absolute Gasteiger partial charge is 0.573 e. The van der Waals surface area contributed by atoms with Crippen LogP contribution in [-0.2, 0) is 13.6 Å². The monoisotopic (exact) mass is 319 g/mol. The molecule has 114 valence electrons. The Morgan fingerprint density at radius 2 is 1.90 bits per heavy atom. The quantitative estimate of drug-likeness (QED) is 0.929. The summed E-state index contributed by atoms with van der Waals surface area (Å²) in [5.41, 5.74) is 2.18. The molecule has 0 aliphatic carbocycles. The minimum absolute atomic E-state index is 0.262. The van der Waals surface area contributed by atoms with Crippen LogP contribution in [0.5, 0.6) is 5.75 Å². The molecule has 0 aliphatic rings. The van der Waals surface area contributed by atoms with Crippen LogP contribution in [0.25, 0.3) is 0 Å². The van der Waals surface area contributed by atoms with Gasteiger partial charge >= 0.3 is 6.36 Å². The summed E-state index contributed by atoms with van der Waals surface area (Å²) >= 11 is 6.11. The van der Waals surface area contributed by atoms with Gasteiger partial charge in [0.15, 0.2) is 0 Å². The third kappa shape index (κ3) is 4.04. The Hall–Kier alpha value is -1.89. The summed E-state index contributed by atoms with van der Waals surface area (Å²) in [5, 5.41) is 7.81. The van der Waals surface area contributed by atoms with Gasteiger partial charge in [0.05, 0.1) is 23.0 Å². The first kappa shape index (κ1) is 15.5. The van der Waals surface area contributed by atoms with Crippen molar-refractivity contribution >= 4 is 17.3 Å². The molecule has 0 saturated heterocycles. The summed E-state index contributed by atoms with van der Waals surface area (Å²) < 4.78 is 41.6. The Kier molecular flexibility index (Phi) is 4.32. The zero-order valence-corrected chi connectivity index (χ0v) is 12.1. The number of aryl methyl sites for hydroxylation is 2.